The van der Waals surface area contributed by atoms with Crippen molar-refractivity contribution in [3.63, 3.8) is 0 Å². The zero-order chi connectivity index (χ0) is 21.6. The molecule has 0 radical (unpaired) electrons. The number of rotatable bonds is 9. The van der Waals surface area contributed by atoms with Gasteiger partial charge in [0.2, 0.25) is 19.3 Å². The molecule has 1 amide bonds. The average Bonchev–Trinajstić information content (AvgIpc) is 3.18. The van der Waals surface area contributed by atoms with Crippen LogP contribution in [0.3, 0.4) is 0 Å². The summed E-state index contributed by atoms with van der Waals surface area (Å²) in [6.45, 7) is 4.56. The van der Waals surface area contributed by atoms with Gasteiger partial charge in [-0.1, -0.05) is 60.6 Å². The van der Waals surface area contributed by atoms with Crippen LogP contribution in [0.5, 0.6) is 5.75 Å². The van der Waals surface area contributed by atoms with Gasteiger partial charge in [0.1, 0.15) is 5.75 Å². The van der Waals surface area contributed by atoms with E-state index in [0.717, 1.165) is 29.7 Å². The van der Waals surface area contributed by atoms with Gasteiger partial charge in [-0.3, -0.25) is 10.1 Å². The maximum absolute atomic E-state index is 12.6. The number of carbonyl (C=O) groups is 1. The zero-order valence-corrected chi connectivity index (χ0v) is 18.4. The van der Waals surface area contributed by atoms with E-state index in [4.69, 9.17) is 4.74 Å². The van der Waals surface area contributed by atoms with Crippen LogP contribution in [0.1, 0.15) is 41.3 Å². The largest absolute Gasteiger partial charge is 0.494 e. The second-order valence-electron chi connectivity index (χ2n) is 6.81. The van der Waals surface area contributed by atoms with Crippen molar-refractivity contribution in [3.05, 3.63) is 65.2 Å². The molecule has 0 saturated carbocycles. The van der Waals surface area contributed by atoms with Gasteiger partial charge in [0.15, 0.2) is 0 Å². The molecule has 0 bridgehead atoms. The molecular formula is C21H23N3O4S2. The second-order valence-corrected chi connectivity index (χ2v) is 9.95. The lowest BCUT2D eigenvalue weighted by Gasteiger charge is -2.07. The molecule has 0 fully saturated rings. The first kappa shape index (κ1) is 21.9. The van der Waals surface area contributed by atoms with Crippen LogP contribution in [0.4, 0.5) is 5.13 Å². The molecule has 30 heavy (non-hydrogen) atoms. The van der Waals surface area contributed by atoms with Crippen molar-refractivity contribution in [1.82, 2.24) is 10.2 Å². The molecule has 0 atom stereocenters. The number of hydrogen-bond acceptors (Lipinski definition) is 7. The highest BCUT2D eigenvalue weighted by Gasteiger charge is 2.22. The Morgan fingerprint density at radius 2 is 1.93 bits per heavy atom. The molecule has 1 N–H and O–H groups in total. The Kier molecular flexibility index (Phi) is 7.17. The molecule has 0 saturated heterocycles. The predicted molar refractivity (Wildman–Crippen MR) is 117 cm³/mol. The number of benzene rings is 2. The standard InChI is InChI=1S/C21H23N3O4S2/c1-3-4-11-28-18-10-6-9-17(13-18)19(25)22-20-23-24-21(29-20)30(26,27)14-16-8-5-7-15(2)12-16/h5-10,12-13H,3-4,11,14H2,1-2H3,(H,22,23,25). The monoisotopic (exact) mass is 445 g/mol. The Morgan fingerprint density at radius 3 is 2.70 bits per heavy atom. The van der Waals surface area contributed by atoms with E-state index >= 15 is 0 Å². The summed E-state index contributed by atoms with van der Waals surface area (Å²) in [5.41, 5.74) is 2.05. The number of aromatic nitrogens is 2. The van der Waals surface area contributed by atoms with E-state index in [9.17, 15) is 13.2 Å². The van der Waals surface area contributed by atoms with Gasteiger partial charge < -0.3 is 4.74 Å². The second kappa shape index (κ2) is 9.82. The van der Waals surface area contributed by atoms with Gasteiger partial charge in [-0.05, 0) is 37.1 Å². The smallest absolute Gasteiger partial charge is 0.257 e. The molecule has 7 nitrogen and oxygen atoms in total. The van der Waals surface area contributed by atoms with Crippen molar-refractivity contribution in [3.8, 4) is 5.75 Å². The van der Waals surface area contributed by atoms with E-state index in [0.29, 0.717) is 23.5 Å². The fourth-order valence-electron chi connectivity index (χ4n) is 2.70. The third-order valence-corrected chi connectivity index (χ3v) is 7.17. The van der Waals surface area contributed by atoms with Crippen molar-refractivity contribution in [2.45, 2.75) is 36.8 Å². The number of hydrogen-bond donors (Lipinski definition) is 1. The topological polar surface area (TPSA) is 98.2 Å². The Balaban J connectivity index is 1.67. The number of sulfone groups is 1. The molecule has 3 aromatic rings. The first-order valence-electron chi connectivity index (χ1n) is 9.53. The number of amides is 1. The molecular weight excluding hydrogens is 422 g/mol. The Bertz CT molecular complexity index is 1130. The van der Waals surface area contributed by atoms with Gasteiger partial charge in [-0.15, -0.1) is 10.2 Å². The minimum atomic E-state index is -3.66. The average molecular weight is 446 g/mol. The molecule has 0 spiro atoms. The number of carbonyl (C=O) groups excluding carboxylic acids is 1. The van der Waals surface area contributed by atoms with Crippen LogP contribution in [0.25, 0.3) is 0 Å². The highest BCUT2D eigenvalue weighted by molar-refractivity contribution is 7.92. The number of anilines is 1. The molecule has 3 rings (SSSR count). The van der Waals surface area contributed by atoms with Crippen molar-refractivity contribution in [1.29, 1.82) is 0 Å². The molecule has 0 aliphatic rings. The maximum Gasteiger partial charge on any atom is 0.257 e. The minimum absolute atomic E-state index is 0.125. The normalized spacial score (nSPS) is 11.3. The first-order chi connectivity index (χ1) is 14.4. The molecule has 9 heteroatoms. The van der Waals surface area contributed by atoms with Crippen LogP contribution in [0.15, 0.2) is 52.9 Å². The molecule has 158 valence electrons. The zero-order valence-electron chi connectivity index (χ0n) is 16.8. The summed E-state index contributed by atoms with van der Waals surface area (Å²) in [5.74, 6) is 0.0264. The quantitative estimate of drug-likeness (QED) is 0.390. The Hall–Kier alpha value is -2.78. The van der Waals surface area contributed by atoms with Gasteiger partial charge in [0, 0.05) is 5.56 Å². The molecule has 0 aliphatic heterocycles. The van der Waals surface area contributed by atoms with Gasteiger partial charge in [-0.2, -0.15) is 0 Å². The van der Waals surface area contributed by atoms with Crippen molar-refractivity contribution < 1.29 is 17.9 Å². The summed E-state index contributed by atoms with van der Waals surface area (Å²) in [6.07, 6.45) is 1.95. The van der Waals surface area contributed by atoms with Crippen molar-refractivity contribution in [2.75, 3.05) is 11.9 Å². The SMILES string of the molecule is CCCCOc1cccc(C(=O)Nc2nnc(S(=O)(=O)Cc3cccc(C)c3)s2)c1. The number of nitrogens with zero attached hydrogens (tertiary/aromatic N) is 2. The Labute approximate surface area is 180 Å². The van der Waals surface area contributed by atoms with Crippen molar-refractivity contribution in [2.24, 2.45) is 0 Å². The molecule has 1 heterocycles. The third kappa shape index (κ3) is 5.87. The summed E-state index contributed by atoms with van der Waals surface area (Å²) in [6, 6.07) is 14.1. The lowest BCUT2D eigenvalue weighted by Crippen LogP contribution is -2.11. The predicted octanol–water partition coefficient (Wildman–Crippen LogP) is 4.25. The number of aryl methyl sites for hydroxylation is 1. The van der Waals surface area contributed by atoms with Crippen molar-refractivity contribution >= 4 is 32.2 Å². The van der Waals surface area contributed by atoms with Crippen LogP contribution in [0.2, 0.25) is 0 Å². The van der Waals surface area contributed by atoms with Crippen LogP contribution < -0.4 is 10.1 Å². The fraction of sp³-hybridized carbons (Fsp3) is 0.286. The van der Waals surface area contributed by atoms with E-state index < -0.39 is 15.7 Å². The van der Waals surface area contributed by atoms with E-state index in [1.165, 1.54) is 0 Å². The highest BCUT2D eigenvalue weighted by Crippen LogP contribution is 2.24. The van der Waals surface area contributed by atoms with Crippen LogP contribution >= 0.6 is 11.3 Å². The van der Waals surface area contributed by atoms with Crippen LogP contribution in [0, 0.1) is 6.92 Å². The molecule has 2 aromatic carbocycles. The van der Waals surface area contributed by atoms with E-state index in [1.807, 2.05) is 25.1 Å². The minimum Gasteiger partial charge on any atom is -0.494 e. The first-order valence-corrected chi connectivity index (χ1v) is 12.0. The van der Waals surface area contributed by atoms with E-state index in [1.54, 1.807) is 30.3 Å². The summed E-state index contributed by atoms with van der Waals surface area (Å²) >= 11 is 0.834. The summed E-state index contributed by atoms with van der Waals surface area (Å²) in [7, 11) is -3.66. The van der Waals surface area contributed by atoms with Crippen LogP contribution in [-0.2, 0) is 15.6 Å². The maximum atomic E-state index is 12.6. The molecule has 0 aliphatic carbocycles. The highest BCUT2D eigenvalue weighted by atomic mass is 32.2. The number of unbranched alkanes of at least 4 members (excludes halogenated alkanes) is 1. The molecule has 0 unspecified atom stereocenters. The fourth-order valence-corrected chi connectivity index (χ4v) is 5.00. The van der Waals surface area contributed by atoms with Gasteiger partial charge in [0.25, 0.3) is 5.91 Å². The lowest BCUT2D eigenvalue weighted by molar-refractivity contribution is 0.102. The summed E-state index contributed by atoms with van der Waals surface area (Å²) < 4.78 is 30.7. The van der Waals surface area contributed by atoms with E-state index in [-0.39, 0.29) is 15.2 Å². The van der Waals surface area contributed by atoms with Crippen LogP contribution in [-0.4, -0.2) is 31.1 Å². The number of nitrogens with one attached hydrogen (secondary N) is 1. The number of ether oxygens (including phenoxy) is 1. The van der Waals surface area contributed by atoms with E-state index in [2.05, 4.69) is 22.4 Å². The molecule has 1 aromatic heterocycles. The summed E-state index contributed by atoms with van der Waals surface area (Å²) in [4.78, 5) is 12.5. The van der Waals surface area contributed by atoms with Gasteiger partial charge in [-0.25, -0.2) is 8.42 Å². The summed E-state index contributed by atoms with van der Waals surface area (Å²) in [5, 5.41) is 10.3. The third-order valence-electron chi connectivity index (χ3n) is 4.19. The van der Waals surface area contributed by atoms with Gasteiger partial charge >= 0.3 is 0 Å². The van der Waals surface area contributed by atoms with Gasteiger partial charge in [0.05, 0.1) is 12.4 Å². The Morgan fingerprint density at radius 1 is 1.13 bits per heavy atom. The lowest BCUT2D eigenvalue weighted by atomic mass is 10.2.